The van der Waals surface area contributed by atoms with E-state index in [1.54, 1.807) is 18.8 Å². The molecule has 0 aromatic heterocycles. The van der Waals surface area contributed by atoms with Crippen LogP contribution < -0.4 is 12.3 Å². The van der Waals surface area contributed by atoms with Gasteiger partial charge in [0.25, 0.3) is 0 Å². The SMILES string of the molecule is C=O.N.N.[Cl][Pt]. The van der Waals surface area contributed by atoms with E-state index in [-0.39, 0.29) is 12.3 Å². The molecule has 0 atom stereocenters. The van der Waals surface area contributed by atoms with Gasteiger partial charge in [0, 0.05) is 0 Å². The van der Waals surface area contributed by atoms with Gasteiger partial charge in [-0.1, -0.05) is 0 Å². The van der Waals surface area contributed by atoms with Crippen LogP contribution in [-0.4, -0.2) is 6.79 Å². The third-order valence-corrected chi connectivity index (χ3v) is 0. The number of carbonyl (C=O) groups excluding carboxylic acids is 1. The Morgan fingerprint density at radius 3 is 1.17 bits per heavy atom. The van der Waals surface area contributed by atoms with Crippen molar-refractivity contribution in [3.8, 4) is 0 Å². The molecule has 0 bridgehead atoms. The predicted molar refractivity (Wildman–Crippen MR) is 23.0 cm³/mol. The summed E-state index contributed by atoms with van der Waals surface area (Å²) in [4.78, 5) is 8.00. The van der Waals surface area contributed by atoms with Crippen LogP contribution in [0.4, 0.5) is 0 Å². The molecular weight excluding hydrogens is 287 g/mol. The molecule has 45 valence electrons. The van der Waals surface area contributed by atoms with Crippen LogP contribution in [0.2, 0.25) is 0 Å². The molecule has 6 N–H and O–H groups in total. The van der Waals surface area contributed by atoms with Crippen LogP contribution in [0.25, 0.3) is 0 Å². The molecule has 0 fully saturated rings. The molecular formula is CH8ClN2OPt. The van der Waals surface area contributed by atoms with E-state index in [2.05, 4.69) is 9.42 Å². The molecule has 0 saturated carbocycles. The van der Waals surface area contributed by atoms with Gasteiger partial charge in [-0.3, -0.25) is 0 Å². The van der Waals surface area contributed by atoms with Crippen molar-refractivity contribution in [2.24, 2.45) is 0 Å². The van der Waals surface area contributed by atoms with Crippen molar-refractivity contribution in [1.82, 2.24) is 12.3 Å². The van der Waals surface area contributed by atoms with Gasteiger partial charge in [-0.05, 0) is 0 Å². The third-order valence-electron chi connectivity index (χ3n) is 0. The first kappa shape index (κ1) is 30.9. The summed E-state index contributed by atoms with van der Waals surface area (Å²) in [5, 5.41) is 0. The van der Waals surface area contributed by atoms with Crippen molar-refractivity contribution in [2.45, 2.75) is 0 Å². The zero-order valence-corrected chi connectivity index (χ0v) is 6.25. The normalized spacial score (nSPS) is 1.83. The van der Waals surface area contributed by atoms with Crippen LogP contribution >= 0.6 is 9.42 Å². The number of carbonyl (C=O) groups is 1. The van der Waals surface area contributed by atoms with Gasteiger partial charge in [-0.25, -0.2) is 0 Å². The van der Waals surface area contributed by atoms with Crippen molar-refractivity contribution >= 4 is 16.2 Å². The molecule has 0 radical (unpaired) electrons. The van der Waals surface area contributed by atoms with E-state index in [4.69, 9.17) is 4.79 Å². The summed E-state index contributed by atoms with van der Waals surface area (Å²) < 4.78 is 0. The van der Waals surface area contributed by atoms with Crippen molar-refractivity contribution in [3.63, 3.8) is 0 Å². The van der Waals surface area contributed by atoms with Gasteiger partial charge in [-0.2, -0.15) is 0 Å². The van der Waals surface area contributed by atoms with E-state index < -0.39 is 0 Å². The second kappa shape index (κ2) is 360. The van der Waals surface area contributed by atoms with Gasteiger partial charge >= 0.3 is 28.2 Å². The Labute approximate surface area is 52.4 Å². The Morgan fingerprint density at radius 1 is 1.17 bits per heavy atom. The topological polar surface area (TPSA) is 87.1 Å². The maximum atomic E-state index is 8.00. The molecule has 0 saturated heterocycles. The zero-order valence-electron chi connectivity index (χ0n) is 3.22. The maximum absolute atomic E-state index is 8.00. The van der Waals surface area contributed by atoms with Crippen LogP contribution in [0.15, 0.2) is 0 Å². The van der Waals surface area contributed by atoms with E-state index in [0.29, 0.717) is 0 Å². The monoisotopic (exact) mass is 294 g/mol. The second-order valence-electron chi connectivity index (χ2n) is 0. The van der Waals surface area contributed by atoms with E-state index in [9.17, 15) is 0 Å². The quantitative estimate of drug-likeness (QED) is 0.693. The van der Waals surface area contributed by atoms with Crippen molar-refractivity contribution in [3.05, 3.63) is 0 Å². The zero-order chi connectivity index (χ0) is 4.00. The number of rotatable bonds is 0. The second-order valence-corrected chi connectivity index (χ2v) is 0. The molecule has 0 aliphatic carbocycles. The van der Waals surface area contributed by atoms with Crippen LogP contribution in [0, 0.1) is 0 Å². The fraction of sp³-hybridized carbons (Fsp3) is 0. The van der Waals surface area contributed by atoms with Crippen molar-refractivity contribution in [1.29, 1.82) is 0 Å². The minimum absolute atomic E-state index is 0. The first-order valence-electron chi connectivity index (χ1n) is 0.408. The Kier molecular flexibility index (Phi) is 1850. The first-order chi connectivity index (χ1) is 2.00. The predicted octanol–water partition coefficient (Wildman–Crippen LogP) is 0.826. The summed E-state index contributed by atoms with van der Waals surface area (Å²) >= 11 is 1.61. The van der Waals surface area contributed by atoms with Gasteiger partial charge in [-0.15, -0.1) is 0 Å². The molecule has 0 aromatic carbocycles. The van der Waals surface area contributed by atoms with Crippen LogP contribution in [0.1, 0.15) is 0 Å². The fourth-order valence-electron chi connectivity index (χ4n) is 0. The molecule has 0 heterocycles. The van der Waals surface area contributed by atoms with Gasteiger partial charge < -0.3 is 17.1 Å². The average molecular weight is 295 g/mol. The summed E-state index contributed by atoms with van der Waals surface area (Å²) in [7, 11) is 4.61. The Bertz CT molecular complexity index is 13.5. The molecule has 0 amide bonds. The summed E-state index contributed by atoms with van der Waals surface area (Å²) in [6, 6.07) is 0. The Balaban J connectivity index is -0.00000000500. The summed E-state index contributed by atoms with van der Waals surface area (Å²) in [5.74, 6) is 0. The molecule has 0 unspecified atom stereocenters. The fourth-order valence-corrected chi connectivity index (χ4v) is 0. The van der Waals surface area contributed by atoms with Crippen molar-refractivity contribution < 1.29 is 23.6 Å². The van der Waals surface area contributed by atoms with Gasteiger partial charge in [0.1, 0.15) is 6.79 Å². The van der Waals surface area contributed by atoms with Gasteiger partial charge in [0.2, 0.25) is 0 Å². The molecule has 5 heteroatoms. The third kappa shape index (κ3) is 180. The van der Waals surface area contributed by atoms with E-state index >= 15 is 0 Å². The van der Waals surface area contributed by atoms with Crippen LogP contribution in [-0.2, 0) is 23.6 Å². The molecule has 0 spiro atoms. The average Bonchev–Trinajstić information content (AvgIpc) is 1.50. The van der Waals surface area contributed by atoms with Crippen LogP contribution in [0.3, 0.4) is 0 Å². The van der Waals surface area contributed by atoms with Gasteiger partial charge in [0.05, 0.1) is 0 Å². The first-order valence-corrected chi connectivity index (χ1v) is 3.22. The molecule has 0 aliphatic heterocycles. The standard InChI is InChI=1S/CH2O.ClH.2H3N.Pt/c1-2;;;;/h1H2;1H;2*1H3;/q;;;;+1/p-1. The molecule has 6 heavy (non-hydrogen) atoms. The summed E-state index contributed by atoms with van der Waals surface area (Å²) in [6.07, 6.45) is 0. The van der Waals surface area contributed by atoms with Gasteiger partial charge in [0.15, 0.2) is 0 Å². The number of hydrogen-bond donors (Lipinski definition) is 2. The molecule has 0 aliphatic rings. The molecule has 0 aromatic rings. The van der Waals surface area contributed by atoms with E-state index in [1.807, 2.05) is 6.79 Å². The summed E-state index contributed by atoms with van der Waals surface area (Å²) in [6.45, 7) is 2.00. The van der Waals surface area contributed by atoms with E-state index in [0.717, 1.165) is 0 Å². The molecule has 3 nitrogen and oxygen atoms in total. The van der Waals surface area contributed by atoms with Crippen LogP contribution in [0.5, 0.6) is 0 Å². The molecule has 0 rings (SSSR count). The minimum atomic E-state index is 0. The van der Waals surface area contributed by atoms with Crippen molar-refractivity contribution in [2.75, 3.05) is 0 Å². The summed E-state index contributed by atoms with van der Waals surface area (Å²) in [5.41, 5.74) is 0. The van der Waals surface area contributed by atoms with E-state index in [1.165, 1.54) is 0 Å². The number of halogens is 1. The Morgan fingerprint density at radius 2 is 1.17 bits per heavy atom. The Hall–Kier alpha value is 0.568. The number of hydrogen-bond acceptors (Lipinski definition) is 3.